The van der Waals surface area contributed by atoms with Crippen LogP contribution in [-0.2, 0) is 22.8 Å². The predicted octanol–water partition coefficient (Wildman–Crippen LogP) is 4.02. The number of likely N-dealkylation sites (tertiary alicyclic amines) is 1. The molecule has 0 saturated carbocycles. The van der Waals surface area contributed by atoms with Gasteiger partial charge in [0.25, 0.3) is 11.8 Å². The molecule has 2 aromatic carbocycles. The number of aliphatic carboxylic acids is 1. The molecular formula is C39H44ClF3N9O6+. The van der Waals surface area contributed by atoms with Crippen LogP contribution in [0.2, 0.25) is 5.02 Å². The molecule has 308 valence electrons. The number of piperidine rings is 1. The highest BCUT2D eigenvalue weighted by atomic mass is 35.5. The van der Waals surface area contributed by atoms with Crippen LogP contribution in [0, 0.1) is 11.8 Å². The fourth-order valence-electron chi connectivity index (χ4n) is 8.10. The van der Waals surface area contributed by atoms with Crippen LogP contribution in [-0.4, -0.2) is 135 Å². The number of anilines is 1. The van der Waals surface area contributed by atoms with E-state index in [1.807, 2.05) is 0 Å². The Morgan fingerprint density at radius 2 is 1.69 bits per heavy atom. The summed E-state index contributed by atoms with van der Waals surface area (Å²) in [7, 11) is 2.89. The van der Waals surface area contributed by atoms with Gasteiger partial charge in [-0.15, -0.1) is 0 Å². The summed E-state index contributed by atoms with van der Waals surface area (Å²) >= 11 is 6.55. The first kappa shape index (κ1) is 40.7. The summed E-state index contributed by atoms with van der Waals surface area (Å²) in [5.41, 5.74) is -0.626. The molecule has 4 aromatic rings. The number of amides is 3. The van der Waals surface area contributed by atoms with Gasteiger partial charge in [-0.3, -0.25) is 14.4 Å². The van der Waals surface area contributed by atoms with Gasteiger partial charge < -0.3 is 39.3 Å². The number of imidazole rings is 1. The average molecular weight is 827 g/mol. The van der Waals surface area contributed by atoms with Gasteiger partial charge in [-0.05, 0) is 42.5 Å². The van der Waals surface area contributed by atoms with Crippen molar-refractivity contribution in [3.8, 4) is 22.7 Å². The zero-order chi connectivity index (χ0) is 41.4. The topological polar surface area (TPSA) is 164 Å². The van der Waals surface area contributed by atoms with E-state index in [-0.39, 0.29) is 57.6 Å². The summed E-state index contributed by atoms with van der Waals surface area (Å²) in [6, 6.07) is 10.7. The highest BCUT2D eigenvalue weighted by Gasteiger charge is 2.42. The third-order valence-corrected chi connectivity index (χ3v) is 11.7. The Hall–Kier alpha value is -5.46. The number of methoxy groups -OCH3 is 1. The summed E-state index contributed by atoms with van der Waals surface area (Å²) in [5, 5.41) is 19.4. The van der Waals surface area contributed by atoms with E-state index in [1.54, 1.807) is 34.1 Å². The molecule has 7 rings (SSSR count). The minimum atomic E-state index is -4.80. The quantitative estimate of drug-likeness (QED) is 0.190. The Morgan fingerprint density at radius 3 is 2.28 bits per heavy atom. The van der Waals surface area contributed by atoms with E-state index in [9.17, 15) is 37.5 Å². The van der Waals surface area contributed by atoms with Crippen LogP contribution < -0.4 is 15.4 Å². The highest BCUT2D eigenvalue weighted by Crippen LogP contribution is 2.37. The van der Waals surface area contributed by atoms with E-state index in [1.165, 1.54) is 43.1 Å². The first-order valence-corrected chi connectivity index (χ1v) is 19.3. The number of hydrogen-bond acceptors (Lipinski definition) is 8. The smallest absolute Gasteiger partial charge is 0.435 e. The van der Waals surface area contributed by atoms with Crippen LogP contribution in [0.25, 0.3) is 16.9 Å². The molecule has 3 saturated heterocycles. The molecule has 5 heterocycles. The van der Waals surface area contributed by atoms with Gasteiger partial charge in [0.2, 0.25) is 5.91 Å². The second kappa shape index (κ2) is 16.4. The van der Waals surface area contributed by atoms with Crippen molar-refractivity contribution in [3.05, 3.63) is 77.0 Å². The van der Waals surface area contributed by atoms with Crippen molar-refractivity contribution in [2.24, 2.45) is 18.9 Å². The summed E-state index contributed by atoms with van der Waals surface area (Å²) in [6.07, 6.45) is -1.17. The number of piperazine rings is 1. The molecule has 0 radical (unpaired) electrons. The summed E-state index contributed by atoms with van der Waals surface area (Å²) in [5.74, 6) is -1.22. The van der Waals surface area contributed by atoms with Crippen LogP contribution in [0.4, 0.5) is 18.9 Å². The van der Waals surface area contributed by atoms with Crippen molar-refractivity contribution in [2.45, 2.75) is 19.0 Å². The predicted molar refractivity (Wildman–Crippen MR) is 206 cm³/mol. The SMILES string of the molecule is COc1ccc(-n2cc(-c3cnc(C(=O)Nc4ccc(C(=O)N5CCN(C(=O)C6CC[N+](CC(=O)O)(CC7CNC7)CC6)CC5)c(Cl)c4)n3C)c(C(F)(F)F)n2)cc1. The summed E-state index contributed by atoms with van der Waals surface area (Å²) in [4.78, 5) is 59.5. The first-order chi connectivity index (χ1) is 27.6. The molecule has 15 nitrogen and oxygen atoms in total. The maximum absolute atomic E-state index is 14.1. The van der Waals surface area contributed by atoms with Gasteiger partial charge in [0.05, 0.1) is 60.5 Å². The van der Waals surface area contributed by atoms with Gasteiger partial charge in [0, 0.05) is 82.9 Å². The molecule has 58 heavy (non-hydrogen) atoms. The maximum Gasteiger partial charge on any atom is 0.435 e. The number of quaternary nitrogens is 1. The molecule has 19 heteroatoms. The van der Waals surface area contributed by atoms with E-state index in [4.69, 9.17) is 16.3 Å². The number of carboxylic acid groups (broad SMARTS) is 1. The van der Waals surface area contributed by atoms with E-state index in [0.717, 1.165) is 30.5 Å². The van der Waals surface area contributed by atoms with Gasteiger partial charge in [-0.1, -0.05) is 11.6 Å². The lowest BCUT2D eigenvalue weighted by molar-refractivity contribution is -0.929. The second-order valence-electron chi connectivity index (χ2n) is 15.1. The van der Waals surface area contributed by atoms with E-state index in [2.05, 4.69) is 20.7 Å². The Labute approximate surface area is 336 Å². The molecule has 0 spiro atoms. The van der Waals surface area contributed by atoms with Crippen LogP contribution >= 0.6 is 11.6 Å². The lowest BCUT2D eigenvalue weighted by Crippen LogP contribution is -2.62. The normalized spacial score (nSPS) is 20.1. The fraction of sp³-hybridized carbons (Fsp3) is 0.436. The minimum Gasteiger partial charge on any atom is -0.497 e. The first-order valence-electron chi connectivity index (χ1n) is 18.9. The lowest BCUT2D eigenvalue weighted by atomic mass is 9.90. The standard InChI is InChI=1S/C39H43ClF3N9O6/c1-48-32(30-21-51(47-34(30)39(41,42)43)27-4-6-28(58-2)7-5-27)20-45-35(48)36(55)46-26-3-8-29(31(40)17-26)38(57)50-13-11-49(12-14-50)37(56)25-9-15-52(16-10-25,23-33(53)54)22-24-18-44-19-24/h3-8,17,20-21,24-25,44H,9-16,18-19,22-23H2,1-2H3,(H-,46,53,54,55,57)/p+1. The number of carboxylic acids is 1. The number of benzene rings is 2. The van der Waals surface area contributed by atoms with Crippen molar-refractivity contribution in [1.29, 1.82) is 0 Å². The zero-order valence-corrected chi connectivity index (χ0v) is 32.7. The summed E-state index contributed by atoms with van der Waals surface area (Å²) in [6.45, 7) is 5.27. The van der Waals surface area contributed by atoms with Crippen molar-refractivity contribution in [3.63, 3.8) is 0 Å². The van der Waals surface area contributed by atoms with Crippen molar-refractivity contribution in [1.82, 2.24) is 34.4 Å². The Balaban J connectivity index is 0.956. The largest absolute Gasteiger partial charge is 0.497 e. The zero-order valence-electron chi connectivity index (χ0n) is 32.0. The van der Waals surface area contributed by atoms with Crippen molar-refractivity contribution in [2.75, 3.05) is 77.9 Å². The van der Waals surface area contributed by atoms with E-state index < -0.39 is 23.7 Å². The number of ether oxygens (including phenoxy) is 1. The maximum atomic E-state index is 14.1. The fourth-order valence-corrected chi connectivity index (χ4v) is 8.36. The highest BCUT2D eigenvalue weighted by molar-refractivity contribution is 6.34. The number of hydrogen-bond donors (Lipinski definition) is 3. The minimum absolute atomic E-state index is 0.00550. The Morgan fingerprint density at radius 1 is 1.02 bits per heavy atom. The van der Waals surface area contributed by atoms with Gasteiger partial charge in [0.1, 0.15) is 5.75 Å². The van der Waals surface area contributed by atoms with Crippen LogP contribution in [0.1, 0.15) is 39.5 Å². The van der Waals surface area contributed by atoms with Crippen LogP contribution in [0.3, 0.4) is 0 Å². The number of nitrogens with zero attached hydrogens (tertiary/aromatic N) is 7. The molecule has 0 atom stereocenters. The molecule has 0 bridgehead atoms. The van der Waals surface area contributed by atoms with E-state index in [0.29, 0.717) is 73.9 Å². The van der Waals surface area contributed by atoms with Gasteiger partial charge in [-0.25, -0.2) is 14.5 Å². The molecule has 0 unspecified atom stereocenters. The number of halogens is 4. The van der Waals surface area contributed by atoms with Crippen LogP contribution in [0.15, 0.2) is 54.9 Å². The molecular weight excluding hydrogens is 783 g/mol. The Bertz CT molecular complexity index is 2190. The van der Waals surface area contributed by atoms with Gasteiger partial charge in [0.15, 0.2) is 18.1 Å². The van der Waals surface area contributed by atoms with E-state index >= 15 is 0 Å². The lowest BCUT2D eigenvalue weighted by Gasteiger charge is -2.46. The molecule has 3 aliphatic heterocycles. The monoisotopic (exact) mass is 826 g/mol. The molecule has 3 fully saturated rings. The molecule has 3 N–H and O–H groups in total. The summed E-state index contributed by atoms with van der Waals surface area (Å²) < 4.78 is 50.4. The molecule has 3 amide bonds. The number of nitrogens with one attached hydrogen (secondary N) is 2. The Kier molecular flexibility index (Phi) is 11.5. The number of carbonyl (C=O) groups is 4. The number of rotatable bonds is 11. The van der Waals surface area contributed by atoms with Crippen molar-refractivity contribution >= 4 is 41.0 Å². The average Bonchev–Trinajstić information content (AvgIpc) is 3.80. The molecule has 2 aromatic heterocycles. The molecule has 3 aliphatic rings. The molecule has 0 aliphatic carbocycles. The third-order valence-electron chi connectivity index (χ3n) is 11.4. The van der Waals surface area contributed by atoms with Crippen LogP contribution in [0.5, 0.6) is 5.75 Å². The van der Waals surface area contributed by atoms with Gasteiger partial charge >= 0.3 is 12.1 Å². The van der Waals surface area contributed by atoms with Gasteiger partial charge in [-0.2, -0.15) is 18.3 Å². The second-order valence-corrected chi connectivity index (χ2v) is 15.6. The third kappa shape index (κ3) is 8.54. The number of aromatic nitrogens is 4. The van der Waals surface area contributed by atoms with Crippen molar-refractivity contribution < 1.29 is 46.7 Å². The number of carbonyl (C=O) groups excluding carboxylic acids is 3. The number of alkyl halides is 3.